The molecule has 0 bridgehead atoms. The Balaban J connectivity index is 2.14. The van der Waals surface area contributed by atoms with Gasteiger partial charge in [-0.1, -0.05) is 0 Å². The van der Waals surface area contributed by atoms with E-state index in [-0.39, 0.29) is 5.60 Å². The molecular weight excluding hydrogens is 140 g/mol. The van der Waals surface area contributed by atoms with Crippen LogP contribution in [0.3, 0.4) is 0 Å². The fraction of sp³-hybridized carbons (Fsp3) is 1.00. The highest BCUT2D eigenvalue weighted by molar-refractivity contribution is 4.82. The van der Waals surface area contributed by atoms with Crippen LogP contribution in [0.15, 0.2) is 0 Å². The van der Waals surface area contributed by atoms with Crippen molar-refractivity contribution in [3.63, 3.8) is 0 Å². The van der Waals surface area contributed by atoms with Gasteiger partial charge in [0.15, 0.2) is 0 Å². The van der Waals surface area contributed by atoms with Gasteiger partial charge in [0.25, 0.3) is 0 Å². The van der Waals surface area contributed by atoms with Crippen molar-refractivity contribution in [1.29, 1.82) is 0 Å². The molecule has 66 valence electrons. The van der Waals surface area contributed by atoms with Gasteiger partial charge in [0.1, 0.15) is 0 Å². The van der Waals surface area contributed by atoms with Crippen molar-refractivity contribution in [1.82, 2.24) is 0 Å². The minimum atomic E-state index is 0.00335. The molecule has 0 atom stereocenters. The summed E-state index contributed by atoms with van der Waals surface area (Å²) in [4.78, 5) is 0. The lowest BCUT2D eigenvalue weighted by Gasteiger charge is -2.38. The average Bonchev–Trinajstić information content (AvgIpc) is 1.75. The molecule has 1 rings (SSSR count). The van der Waals surface area contributed by atoms with E-state index in [1.54, 1.807) is 7.11 Å². The van der Waals surface area contributed by atoms with Crippen molar-refractivity contribution in [3.05, 3.63) is 0 Å². The first kappa shape index (κ1) is 9.01. The topological polar surface area (TPSA) is 18.5 Å². The van der Waals surface area contributed by atoms with Gasteiger partial charge in [-0.2, -0.15) is 0 Å². The molecule has 0 aromatic rings. The highest BCUT2D eigenvalue weighted by Crippen LogP contribution is 2.29. The quantitative estimate of drug-likeness (QED) is 0.611. The second kappa shape index (κ2) is 3.11. The predicted octanol–water partition coefficient (Wildman–Crippen LogP) is 1.98. The maximum absolute atomic E-state index is 5.73. The molecule has 1 aliphatic carbocycles. The molecule has 0 unspecified atom stereocenters. The Morgan fingerprint density at radius 3 is 2.00 bits per heavy atom. The van der Waals surface area contributed by atoms with Gasteiger partial charge in [0.05, 0.1) is 17.8 Å². The molecule has 0 aliphatic heterocycles. The zero-order valence-corrected chi connectivity index (χ0v) is 7.89. The van der Waals surface area contributed by atoms with E-state index >= 15 is 0 Å². The summed E-state index contributed by atoms with van der Waals surface area (Å²) >= 11 is 0. The van der Waals surface area contributed by atoms with Crippen molar-refractivity contribution in [2.45, 2.75) is 51.4 Å². The van der Waals surface area contributed by atoms with E-state index < -0.39 is 0 Å². The summed E-state index contributed by atoms with van der Waals surface area (Å²) in [6.45, 7) is 6.27. The molecule has 2 heteroatoms. The zero-order chi connectivity index (χ0) is 8.48. The fourth-order valence-corrected chi connectivity index (χ4v) is 1.31. The number of ether oxygens (including phenoxy) is 2. The Morgan fingerprint density at radius 1 is 1.09 bits per heavy atom. The molecule has 0 aromatic heterocycles. The SMILES string of the molecule is COC1CC(OC(C)(C)C)C1. The molecule has 1 saturated carbocycles. The van der Waals surface area contributed by atoms with Gasteiger partial charge < -0.3 is 9.47 Å². The van der Waals surface area contributed by atoms with E-state index in [1.807, 2.05) is 0 Å². The number of methoxy groups -OCH3 is 1. The zero-order valence-electron chi connectivity index (χ0n) is 7.89. The Morgan fingerprint density at radius 2 is 1.64 bits per heavy atom. The molecule has 1 aliphatic rings. The normalized spacial score (nSPS) is 31.6. The van der Waals surface area contributed by atoms with E-state index in [1.165, 1.54) is 0 Å². The Bertz CT molecular complexity index is 120. The highest BCUT2D eigenvalue weighted by atomic mass is 16.5. The molecule has 0 heterocycles. The van der Waals surface area contributed by atoms with Gasteiger partial charge in [0.2, 0.25) is 0 Å². The summed E-state index contributed by atoms with van der Waals surface area (Å²) < 4.78 is 10.9. The fourth-order valence-electron chi connectivity index (χ4n) is 1.31. The lowest BCUT2D eigenvalue weighted by Crippen LogP contribution is -2.41. The maximum Gasteiger partial charge on any atom is 0.0631 e. The summed E-state index contributed by atoms with van der Waals surface area (Å²) in [5.74, 6) is 0. The summed E-state index contributed by atoms with van der Waals surface area (Å²) in [6, 6.07) is 0. The van der Waals surface area contributed by atoms with Crippen LogP contribution < -0.4 is 0 Å². The Kier molecular flexibility index (Phi) is 2.55. The van der Waals surface area contributed by atoms with Gasteiger partial charge in [-0.15, -0.1) is 0 Å². The molecule has 0 spiro atoms. The van der Waals surface area contributed by atoms with Crippen LogP contribution in [0, 0.1) is 0 Å². The third-order valence-electron chi connectivity index (χ3n) is 1.91. The second-order valence-corrected chi connectivity index (χ2v) is 4.18. The minimum absolute atomic E-state index is 0.00335. The third-order valence-corrected chi connectivity index (χ3v) is 1.91. The summed E-state index contributed by atoms with van der Waals surface area (Å²) in [5.41, 5.74) is 0.00335. The smallest absolute Gasteiger partial charge is 0.0631 e. The van der Waals surface area contributed by atoms with Gasteiger partial charge in [-0.3, -0.25) is 0 Å². The monoisotopic (exact) mass is 158 g/mol. The molecule has 0 aromatic carbocycles. The Hall–Kier alpha value is -0.0800. The first-order chi connectivity index (χ1) is 5.01. The van der Waals surface area contributed by atoms with Crippen LogP contribution >= 0.6 is 0 Å². The van der Waals surface area contributed by atoms with Crippen LogP contribution in [0.2, 0.25) is 0 Å². The first-order valence-electron chi connectivity index (χ1n) is 4.22. The molecule has 2 nitrogen and oxygen atoms in total. The van der Waals surface area contributed by atoms with E-state index in [9.17, 15) is 0 Å². The molecule has 0 radical (unpaired) electrons. The van der Waals surface area contributed by atoms with Gasteiger partial charge in [-0.25, -0.2) is 0 Å². The average molecular weight is 158 g/mol. The number of hydrogen-bond acceptors (Lipinski definition) is 2. The Labute approximate surface area is 68.9 Å². The molecule has 1 fully saturated rings. The third kappa shape index (κ3) is 2.80. The van der Waals surface area contributed by atoms with Crippen LogP contribution in [0.25, 0.3) is 0 Å². The molecular formula is C9H18O2. The van der Waals surface area contributed by atoms with Crippen molar-refractivity contribution >= 4 is 0 Å². The molecule has 11 heavy (non-hydrogen) atoms. The van der Waals surface area contributed by atoms with E-state index in [0.29, 0.717) is 12.2 Å². The number of rotatable bonds is 2. The van der Waals surface area contributed by atoms with Crippen LogP contribution in [0.4, 0.5) is 0 Å². The maximum atomic E-state index is 5.73. The standard InChI is InChI=1S/C9H18O2/c1-9(2,3)11-8-5-7(6-8)10-4/h7-8H,5-6H2,1-4H3. The van der Waals surface area contributed by atoms with Crippen LogP contribution in [0.1, 0.15) is 33.6 Å². The van der Waals surface area contributed by atoms with Crippen molar-refractivity contribution in [2.24, 2.45) is 0 Å². The summed E-state index contributed by atoms with van der Waals surface area (Å²) in [5, 5.41) is 0. The van der Waals surface area contributed by atoms with E-state index in [4.69, 9.17) is 9.47 Å². The van der Waals surface area contributed by atoms with Gasteiger partial charge in [0, 0.05) is 7.11 Å². The summed E-state index contributed by atoms with van der Waals surface area (Å²) in [7, 11) is 1.76. The van der Waals surface area contributed by atoms with E-state index in [2.05, 4.69) is 20.8 Å². The van der Waals surface area contributed by atoms with Gasteiger partial charge in [-0.05, 0) is 33.6 Å². The van der Waals surface area contributed by atoms with Crippen LogP contribution in [-0.2, 0) is 9.47 Å². The first-order valence-corrected chi connectivity index (χ1v) is 4.22. The second-order valence-electron chi connectivity index (χ2n) is 4.18. The van der Waals surface area contributed by atoms with E-state index in [0.717, 1.165) is 12.8 Å². The lowest BCUT2D eigenvalue weighted by molar-refractivity contribution is -0.140. The largest absolute Gasteiger partial charge is 0.381 e. The number of hydrogen-bond donors (Lipinski definition) is 0. The minimum Gasteiger partial charge on any atom is -0.381 e. The predicted molar refractivity (Wildman–Crippen MR) is 44.7 cm³/mol. The summed E-state index contributed by atoms with van der Waals surface area (Å²) in [6.07, 6.45) is 3.00. The van der Waals surface area contributed by atoms with Gasteiger partial charge >= 0.3 is 0 Å². The van der Waals surface area contributed by atoms with Crippen LogP contribution in [-0.4, -0.2) is 24.9 Å². The van der Waals surface area contributed by atoms with Crippen molar-refractivity contribution in [2.75, 3.05) is 7.11 Å². The van der Waals surface area contributed by atoms with Crippen molar-refractivity contribution < 1.29 is 9.47 Å². The molecule has 0 N–H and O–H groups in total. The molecule has 0 saturated heterocycles. The van der Waals surface area contributed by atoms with Crippen LogP contribution in [0.5, 0.6) is 0 Å². The van der Waals surface area contributed by atoms with Crippen molar-refractivity contribution in [3.8, 4) is 0 Å². The molecule has 0 amide bonds. The lowest BCUT2D eigenvalue weighted by atomic mass is 9.91. The highest BCUT2D eigenvalue weighted by Gasteiger charge is 2.32.